The van der Waals surface area contributed by atoms with Crippen LogP contribution in [0.15, 0.2) is 48.5 Å². The third kappa shape index (κ3) is 4.76. The summed E-state index contributed by atoms with van der Waals surface area (Å²) in [6.45, 7) is 0. The molecule has 0 bridgehead atoms. The van der Waals surface area contributed by atoms with Gasteiger partial charge in [-0.15, -0.1) is 0 Å². The molecular formula is C18H22ClNO. The summed E-state index contributed by atoms with van der Waals surface area (Å²) in [6.07, 6.45) is 3.07. The molecule has 2 aromatic rings. The van der Waals surface area contributed by atoms with Crippen LogP contribution in [0.25, 0.3) is 0 Å². The molecular weight excluding hydrogens is 282 g/mol. The highest BCUT2D eigenvalue weighted by atomic mass is 35.5. The van der Waals surface area contributed by atoms with Crippen molar-refractivity contribution in [3.63, 3.8) is 0 Å². The van der Waals surface area contributed by atoms with E-state index in [9.17, 15) is 0 Å². The van der Waals surface area contributed by atoms with Gasteiger partial charge in [-0.3, -0.25) is 0 Å². The van der Waals surface area contributed by atoms with Crippen LogP contribution in [0.4, 0.5) is 0 Å². The summed E-state index contributed by atoms with van der Waals surface area (Å²) in [4.78, 5) is 0. The van der Waals surface area contributed by atoms with E-state index in [1.807, 2.05) is 37.4 Å². The number of rotatable bonds is 7. The first-order valence-corrected chi connectivity index (χ1v) is 7.64. The molecule has 0 radical (unpaired) electrons. The van der Waals surface area contributed by atoms with Crippen molar-refractivity contribution in [1.29, 1.82) is 0 Å². The molecule has 0 fully saturated rings. The van der Waals surface area contributed by atoms with E-state index in [1.165, 1.54) is 11.1 Å². The van der Waals surface area contributed by atoms with Crippen molar-refractivity contribution >= 4 is 11.6 Å². The number of methoxy groups -OCH3 is 1. The second kappa shape index (κ2) is 8.06. The second-order valence-electron chi connectivity index (χ2n) is 5.17. The van der Waals surface area contributed by atoms with E-state index in [0.717, 1.165) is 30.0 Å². The van der Waals surface area contributed by atoms with E-state index >= 15 is 0 Å². The van der Waals surface area contributed by atoms with Gasteiger partial charge >= 0.3 is 0 Å². The van der Waals surface area contributed by atoms with Gasteiger partial charge in [0.05, 0.1) is 7.11 Å². The van der Waals surface area contributed by atoms with Crippen molar-refractivity contribution in [1.82, 2.24) is 5.32 Å². The standard InChI is InChI=1S/C18H22ClNO/c1-20-16(13-15-5-3-4-6-18(15)19)10-7-14-8-11-17(21-2)12-9-14/h3-6,8-9,11-12,16,20H,7,10,13H2,1-2H3. The maximum atomic E-state index is 6.23. The molecule has 1 unspecified atom stereocenters. The first-order valence-electron chi connectivity index (χ1n) is 7.26. The summed E-state index contributed by atoms with van der Waals surface area (Å²) in [5.74, 6) is 0.903. The molecule has 0 aliphatic carbocycles. The monoisotopic (exact) mass is 303 g/mol. The first kappa shape index (κ1) is 15.9. The van der Waals surface area contributed by atoms with Gasteiger partial charge in [-0.2, -0.15) is 0 Å². The van der Waals surface area contributed by atoms with Gasteiger partial charge in [0.1, 0.15) is 5.75 Å². The van der Waals surface area contributed by atoms with Gasteiger partial charge in [-0.05, 0) is 55.6 Å². The summed E-state index contributed by atoms with van der Waals surface area (Å²) in [6, 6.07) is 16.8. The Labute approximate surface area is 132 Å². The second-order valence-corrected chi connectivity index (χ2v) is 5.58. The van der Waals surface area contributed by atoms with Gasteiger partial charge in [-0.1, -0.05) is 41.9 Å². The Morgan fingerprint density at radius 1 is 1.10 bits per heavy atom. The van der Waals surface area contributed by atoms with Gasteiger partial charge < -0.3 is 10.1 Å². The van der Waals surface area contributed by atoms with Crippen molar-refractivity contribution in [3.05, 3.63) is 64.7 Å². The van der Waals surface area contributed by atoms with Crippen molar-refractivity contribution < 1.29 is 4.74 Å². The number of hydrogen-bond donors (Lipinski definition) is 1. The zero-order valence-electron chi connectivity index (χ0n) is 12.6. The summed E-state index contributed by atoms with van der Waals surface area (Å²) >= 11 is 6.23. The minimum atomic E-state index is 0.423. The number of benzene rings is 2. The van der Waals surface area contributed by atoms with E-state index in [4.69, 9.17) is 16.3 Å². The molecule has 0 spiro atoms. The van der Waals surface area contributed by atoms with Crippen molar-refractivity contribution in [2.75, 3.05) is 14.2 Å². The van der Waals surface area contributed by atoms with Crippen LogP contribution in [0.5, 0.6) is 5.75 Å². The van der Waals surface area contributed by atoms with E-state index in [0.29, 0.717) is 6.04 Å². The first-order chi connectivity index (χ1) is 10.2. The molecule has 2 nitrogen and oxygen atoms in total. The minimum Gasteiger partial charge on any atom is -0.497 e. The number of aryl methyl sites for hydroxylation is 1. The lowest BCUT2D eigenvalue weighted by atomic mass is 9.99. The number of nitrogens with one attached hydrogen (secondary N) is 1. The predicted molar refractivity (Wildman–Crippen MR) is 89.3 cm³/mol. The van der Waals surface area contributed by atoms with E-state index in [1.54, 1.807) is 7.11 Å². The van der Waals surface area contributed by atoms with E-state index in [-0.39, 0.29) is 0 Å². The lowest BCUT2D eigenvalue weighted by Gasteiger charge is -2.17. The van der Waals surface area contributed by atoms with Crippen LogP contribution in [0.1, 0.15) is 17.5 Å². The average Bonchev–Trinajstić information content (AvgIpc) is 2.53. The highest BCUT2D eigenvalue weighted by Gasteiger charge is 2.09. The fourth-order valence-electron chi connectivity index (χ4n) is 2.41. The highest BCUT2D eigenvalue weighted by molar-refractivity contribution is 6.31. The van der Waals surface area contributed by atoms with Crippen LogP contribution in [0.2, 0.25) is 5.02 Å². The Kier molecular flexibility index (Phi) is 6.09. The fraction of sp³-hybridized carbons (Fsp3) is 0.333. The molecule has 0 saturated heterocycles. The van der Waals surface area contributed by atoms with Gasteiger partial charge in [0.25, 0.3) is 0 Å². The van der Waals surface area contributed by atoms with E-state index < -0.39 is 0 Å². The molecule has 3 heteroatoms. The molecule has 0 heterocycles. The molecule has 0 aliphatic rings. The largest absolute Gasteiger partial charge is 0.497 e. The van der Waals surface area contributed by atoms with Crippen LogP contribution < -0.4 is 10.1 Å². The molecule has 1 N–H and O–H groups in total. The maximum Gasteiger partial charge on any atom is 0.118 e. The Bertz CT molecular complexity index is 553. The van der Waals surface area contributed by atoms with Gasteiger partial charge in [0, 0.05) is 11.1 Å². The molecule has 2 aromatic carbocycles. The summed E-state index contributed by atoms with van der Waals surface area (Å²) in [7, 11) is 3.70. The van der Waals surface area contributed by atoms with Crippen LogP contribution in [0, 0.1) is 0 Å². The molecule has 0 amide bonds. The Morgan fingerprint density at radius 2 is 1.81 bits per heavy atom. The van der Waals surface area contributed by atoms with Crippen molar-refractivity contribution in [2.24, 2.45) is 0 Å². The van der Waals surface area contributed by atoms with Crippen LogP contribution in [-0.2, 0) is 12.8 Å². The molecule has 0 aliphatic heterocycles. The lowest BCUT2D eigenvalue weighted by molar-refractivity contribution is 0.414. The number of likely N-dealkylation sites (N-methyl/N-ethyl adjacent to an activating group) is 1. The fourth-order valence-corrected chi connectivity index (χ4v) is 2.62. The third-order valence-corrected chi connectivity index (χ3v) is 4.14. The van der Waals surface area contributed by atoms with Crippen LogP contribution in [-0.4, -0.2) is 20.2 Å². The predicted octanol–water partition coefficient (Wildman–Crippen LogP) is 4.11. The Balaban J connectivity index is 1.91. The molecule has 1 atom stereocenters. The number of halogens is 1. The van der Waals surface area contributed by atoms with Gasteiger partial charge in [0.2, 0.25) is 0 Å². The zero-order valence-corrected chi connectivity index (χ0v) is 13.4. The quantitative estimate of drug-likeness (QED) is 0.831. The SMILES string of the molecule is CNC(CCc1ccc(OC)cc1)Cc1ccccc1Cl. The molecule has 112 valence electrons. The van der Waals surface area contributed by atoms with E-state index in [2.05, 4.69) is 23.5 Å². The molecule has 0 aromatic heterocycles. The molecule has 0 saturated carbocycles. The number of hydrogen-bond acceptors (Lipinski definition) is 2. The number of ether oxygens (including phenoxy) is 1. The summed E-state index contributed by atoms with van der Waals surface area (Å²) in [5.41, 5.74) is 2.53. The van der Waals surface area contributed by atoms with Crippen LogP contribution >= 0.6 is 11.6 Å². The topological polar surface area (TPSA) is 21.3 Å². The van der Waals surface area contributed by atoms with Crippen molar-refractivity contribution in [2.45, 2.75) is 25.3 Å². The molecule has 21 heavy (non-hydrogen) atoms. The minimum absolute atomic E-state index is 0.423. The highest BCUT2D eigenvalue weighted by Crippen LogP contribution is 2.19. The zero-order chi connectivity index (χ0) is 15.1. The Morgan fingerprint density at radius 3 is 2.43 bits per heavy atom. The van der Waals surface area contributed by atoms with Gasteiger partial charge in [0.15, 0.2) is 0 Å². The average molecular weight is 304 g/mol. The lowest BCUT2D eigenvalue weighted by Crippen LogP contribution is -2.28. The van der Waals surface area contributed by atoms with Gasteiger partial charge in [-0.25, -0.2) is 0 Å². The Hall–Kier alpha value is -1.51. The third-order valence-electron chi connectivity index (χ3n) is 3.77. The molecule has 2 rings (SSSR count). The maximum absolute atomic E-state index is 6.23. The summed E-state index contributed by atoms with van der Waals surface area (Å²) in [5, 5.41) is 4.24. The van der Waals surface area contributed by atoms with Crippen LogP contribution in [0.3, 0.4) is 0 Å². The summed E-state index contributed by atoms with van der Waals surface area (Å²) < 4.78 is 5.18. The van der Waals surface area contributed by atoms with Crippen molar-refractivity contribution in [3.8, 4) is 5.75 Å². The normalized spacial score (nSPS) is 12.1. The smallest absolute Gasteiger partial charge is 0.118 e.